The van der Waals surface area contributed by atoms with Gasteiger partial charge in [0.1, 0.15) is 6.04 Å². The number of nitrogens with zero attached hydrogens (tertiary/aromatic N) is 1. The first-order valence-corrected chi connectivity index (χ1v) is 7.52. The number of hydrogen-bond donors (Lipinski definition) is 2. The Morgan fingerprint density at radius 2 is 1.96 bits per heavy atom. The van der Waals surface area contributed by atoms with E-state index in [1.54, 1.807) is 29.2 Å². The number of hydrogen-bond acceptors (Lipinski definition) is 3. The van der Waals surface area contributed by atoms with Crippen molar-refractivity contribution in [1.29, 1.82) is 0 Å². The van der Waals surface area contributed by atoms with Crippen LogP contribution in [-0.2, 0) is 16.1 Å². The topological polar surface area (TPSA) is 69.6 Å². The van der Waals surface area contributed by atoms with Crippen LogP contribution in [0.1, 0.15) is 18.9 Å². The molecule has 0 saturated carbocycles. The van der Waals surface area contributed by atoms with Gasteiger partial charge in [0.15, 0.2) is 5.41 Å². The SMILES string of the molecule is C[C@H](NC(=O)[C@]1(C(F)(F)F)CCN(Cc2ccccc2)C1)C(=O)O. The van der Waals surface area contributed by atoms with Crippen molar-refractivity contribution in [2.45, 2.75) is 32.1 Å². The highest BCUT2D eigenvalue weighted by Gasteiger charge is 2.63. The zero-order valence-electron chi connectivity index (χ0n) is 13.1. The predicted molar refractivity (Wildman–Crippen MR) is 80.1 cm³/mol. The smallest absolute Gasteiger partial charge is 0.404 e. The Labute approximate surface area is 137 Å². The highest BCUT2D eigenvalue weighted by molar-refractivity contribution is 5.88. The van der Waals surface area contributed by atoms with Crippen molar-refractivity contribution in [3.8, 4) is 0 Å². The lowest BCUT2D eigenvalue weighted by molar-refractivity contribution is -0.218. The van der Waals surface area contributed by atoms with E-state index in [-0.39, 0.29) is 13.0 Å². The van der Waals surface area contributed by atoms with Gasteiger partial charge in [-0.05, 0) is 25.5 Å². The molecule has 0 spiro atoms. The monoisotopic (exact) mass is 344 g/mol. The molecule has 1 amide bonds. The van der Waals surface area contributed by atoms with Crippen LogP contribution in [0, 0.1) is 5.41 Å². The summed E-state index contributed by atoms with van der Waals surface area (Å²) in [7, 11) is 0. The zero-order valence-corrected chi connectivity index (χ0v) is 13.1. The standard InChI is InChI=1S/C16H19F3N2O3/c1-11(13(22)23)20-14(24)15(16(17,18)19)7-8-21(10-15)9-12-5-3-2-4-6-12/h2-6,11H,7-10H2,1H3,(H,20,24)(H,22,23)/t11-,15-/m0/s1. The van der Waals surface area contributed by atoms with E-state index in [4.69, 9.17) is 5.11 Å². The van der Waals surface area contributed by atoms with Crippen molar-refractivity contribution in [1.82, 2.24) is 10.2 Å². The normalized spacial score (nSPS) is 23.0. The number of carboxylic acids is 1. The molecular weight excluding hydrogens is 325 g/mol. The summed E-state index contributed by atoms with van der Waals surface area (Å²) < 4.78 is 40.8. The van der Waals surface area contributed by atoms with Crippen LogP contribution in [0.25, 0.3) is 0 Å². The third-order valence-electron chi connectivity index (χ3n) is 4.29. The van der Waals surface area contributed by atoms with Crippen molar-refractivity contribution in [2.24, 2.45) is 5.41 Å². The molecule has 1 aliphatic heterocycles. The summed E-state index contributed by atoms with van der Waals surface area (Å²) in [5, 5.41) is 10.8. The van der Waals surface area contributed by atoms with Crippen LogP contribution in [0.4, 0.5) is 13.2 Å². The summed E-state index contributed by atoms with van der Waals surface area (Å²) in [5.41, 5.74) is -1.72. The van der Waals surface area contributed by atoms with Crippen LogP contribution in [0.15, 0.2) is 30.3 Å². The molecule has 0 bridgehead atoms. The average molecular weight is 344 g/mol. The maximum Gasteiger partial charge on any atom is 0.404 e. The number of nitrogens with one attached hydrogen (secondary N) is 1. The van der Waals surface area contributed by atoms with Gasteiger partial charge in [-0.3, -0.25) is 14.5 Å². The third-order valence-corrected chi connectivity index (χ3v) is 4.29. The number of likely N-dealkylation sites (tertiary alicyclic amines) is 1. The molecule has 2 atom stereocenters. The van der Waals surface area contributed by atoms with Crippen LogP contribution >= 0.6 is 0 Å². The Kier molecular flexibility index (Phi) is 5.17. The Bertz CT molecular complexity index is 606. The number of benzene rings is 1. The van der Waals surface area contributed by atoms with E-state index in [0.717, 1.165) is 12.5 Å². The number of carbonyl (C=O) groups is 2. The zero-order chi connectivity index (χ0) is 18.0. The molecule has 0 radical (unpaired) electrons. The summed E-state index contributed by atoms with van der Waals surface area (Å²) in [4.78, 5) is 24.6. The highest BCUT2D eigenvalue weighted by Crippen LogP contribution is 2.46. The molecule has 2 rings (SSSR count). The molecule has 1 aromatic carbocycles. The molecule has 1 aromatic rings. The second-order valence-electron chi connectivity index (χ2n) is 6.06. The number of carbonyl (C=O) groups excluding carboxylic acids is 1. The van der Waals surface area contributed by atoms with Crippen LogP contribution in [0.2, 0.25) is 0 Å². The average Bonchev–Trinajstić information content (AvgIpc) is 2.93. The lowest BCUT2D eigenvalue weighted by atomic mass is 9.85. The molecule has 5 nitrogen and oxygen atoms in total. The Morgan fingerprint density at radius 3 is 2.50 bits per heavy atom. The van der Waals surface area contributed by atoms with Crippen LogP contribution in [0.5, 0.6) is 0 Å². The van der Waals surface area contributed by atoms with E-state index in [0.29, 0.717) is 6.54 Å². The molecular formula is C16H19F3N2O3. The van der Waals surface area contributed by atoms with Crippen molar-refractivity contribution in [2.75, 3.05) is 13.1 Å². The van der Waals surface area contributed by atoms with Gasteiger partial charge in [-0.25, -0.2) is 0 Å². The Balaban J connectivity index is 2.15. The minimum Gasteiger partial charge on any atom is -0.480 e. The van der Waals surface area contributed by atoms with Gasteiger partial charge in [0.25, 0.3) is 0 Å². The molecule has 132 valence electrons. The number of halogens is 3. The van der Waals surface area contributed by atoms with E-state index < -0.39 is 36.1 Å². The molecule has 0 unspecified atom stereocenters. The number of alkyl halides is 3. The molecule has 24 heavy (non-hydrogen) atoms. The van der Waals surface area contributed by atoms with Gasteiger partial charge >= 0.3 is 12.1 Å². The van der Waals surface area contributed by atoms with Crippen LogP contribution < -0.4 is 5.32 Å². The molecule has 8 heteroatoms. The van der Waals surface area contributed by atoms with E-state index in [1.807, 2.05) is 11.4 Å². The summed E-state index contributed by atoms with van der Waals surface area (Å²) in [6.07, 6.45) is -5.14. The first kappa shape index (κ1) is 18.3. The Hall–Kier alpha value is -2.09. The van der Waals surface area contributed by atoms with E-state index in [2.05, 4.69) is 0 Å². The fourth-order valence-corrected chi connectivity index (χ4v) is 2.81. The van der Waals surface area contributed by atoms with Gasteiger partial charge in [-0.15, -0.1) is 0 Å². The maximum absolute atomic E-state index is 13.6. The molecule has 1 saturated heterocycles. The maximum atomic E-state index is 13.6. The van der Waals surface area contributed by atoms with Gasteiger partial charge in [0.2, 0.25) is 5.91 Å². The summed E-state index contributed by atoms with van der Waals surface area (Å²) >= 11 is 0. The van der Waals surface area contributed by atoms with Gasteiger partial charge in [0, 0.05) is 13.1 Å². The molecule has 0 aliphatic carbocycles. The molecule has 0 aromatic heterocycles. The second-order valence-corrected chi connectivity index (χ2v) is 6.06. The quantitative estimate of drug-likeness (QED) is 0.858. The molecule has 1 fully saturated rings. The van der Waals surface area contributed by atoms with Gasteiger partial charge in [0.05, 0.1) is 0 Å². The second kappa shape index (κ2) is 6.80. The lowest BCUT2D eigenvalue weighted by Gasteiger charge is -2.31. The number of aliphatic carboxylic acids is 1. The fraction of sp³-hybridized carbons (Fsp3) is 0.500. The van der Waals surface area contributed by atoms with Crippen molar-refractivity contribution < 1.29 is 27.9 Å². The summed E-state index contributed by atoms with van der Waals surface area (Å²) in [5.74, 6) is -2.65. The van der Waals surface area contributed by atoms with Gasteiger partial charge in [-0.2, -0.15) is 13.2 Å². The lowest BCUT2D eigenvalue weighted by Crippen LogP contribution is -2.55. The molecule has 2 N–H and O–H groups in total. The van der Waals surface area contributed by atoms with Crippen LogP contribution in [-0.4, -0.2) is 47.2 Å². The first-order valence-electron chi connectivity index (χ1n) is 7.52. The molecule has 1 aliphatic rings. The summed E-state index contributed by atoms with van der Waals surface area (Å²) in [6, 6.07) is 7.64. The van der Waals surface area contributed by atoms with Crippen molar-refractivity contribution >= 4 is 11.9 Å². The van der Waals surface area contributed by atoms with Crippen molar-refractivity contribution in [3.63, 3.8) is 0 Å². The highest BCUT2D eigenvalue weighted by atomic mass is 19.4. The Morgan fingerprint density at radius 1 is 1.33 bits per heavy atom. The van der Waals surface area contributed by atoms with E-state index in [9.17, 15) is 22.8 Å². The third kappa shape index (κ3) is 3.69. The molecule has 1 heterocycles. The first-order chi connectivity index (χ1) is 11.2. The van der Waals surface area contributed by atoms with Gasteiger partial charge < -0.3 is 10.4 Å². The largest absolute Gasteiger partial charge is 0.480 e. The number of carboxylic acid groups (broad SMARTS) is 1. The number of rotatable bonds is 5. The van der Waals surface area contributed by atoms with Crippen LogP contribution in [0.3, 0.4) is 0 Å². The minimum absolute atomic E-state index is 0.114. The number of amides is 1. The van der Waals surface area contributed by atoms with E-state index in [1.165, 1.54) is 0 Å². The minimum atomic E-state index is -4.75. The van der Waals surface area contributed by atoms with E-state index >= 15 is 0 Å². The van der Waals surface area contributed by atoms with Gasteiger partial charge in [-0.1, -0.05) is 30.3 Å². The van der Waals surface area contributed by atoms with Crippen molar-refractivity contribution in [3.05, 3.63) is 35.9 Å². The fourth-order valence-electron chi connectivity index (χ4n) is 2.81. The predicted octanol–water partition coefficient (Wildman–Crippen LogP) is 2.03. The summed E-state index contributed by atoms with van der Waals surface area (Å²) in [6.45, 7) is 1.08.